The zero-order valence-corrected chi connectivity index (χ0v) is 18.3. The van der Waals surface area contributed by atoms with Crippen molar-refractivity contribution in [3.63, 3.8) is 0 Å². The fourth-order valence-electron chi connectivity index (χ4n) is 3.81. The van der Waals surface area contributed by atoms with E-state index in [1.54, 1.807) is 6.08 Å². The van der Waals surface area contributed by atoms with Gasteiger partial charge in [-0.1, -0.05) is 68.3 Å². The molecule has 3 nitrogen and oxygen atoms in total. The summed E-state index contributed by atoms with van der Waals surface area (Å²) in [7, 11) is 0. The van der Waals surface area contributed by atoms with Gasteiger partial charge in [0.1, 0.15) is 5.75 Å². The number of rotatable bonds is 11. The molecule has 3 rings (SSSR count). The Labute approximate surface area is 181 Å². The molecule has 3 heteroatoms. The van der Waals surface area contributed by atoms with Gasteiger partial charge in [0.15, 0.2) is 5.78 Å². The largest absolute Gasteiger partial charge is 0.494 e. The Hall–Kier alpha value is -2.39. The van der Waals surface area contributed by atoms with Crippen LogP contribution < -0.4 is 4.74 Å². The number of carbonyl (C=O) groups is 1. The molecule has 2 aromatic carbocycles. The number of likely N-dealkylation sites (tertiary alicyclic amines) is 1. The molecule has 1 heterocycles. The van der Waals surface area contributed by atoms with Crippen LogP contribution in [0.5, 0.6) is 5.75 Å². The Bertz CT molecular complexity index is 774. The Morgan fingerprint density at radius 3 is 2.40 bits per heavy atom. The van der Waals surface area contributed by atoms with E-state index < -0.39 is 0 Å². The monoisotopic (exact) mass is 405 g/mol. The van der Waals surface area contributed by atoms with E-state index in [1.165, 1.54) is 51.7 Å². The fourth-order valence-corrected chi connectivity index (χ4v) is 3.81. The second-order valence-electron chi connectivity index (χ2n) is 8.42. The topological polar surface area (TPSA) is 29.5 Å². The number of piperidine rings is 1. The van der Waals surface area contributed by atoms with Gasteiger partial charge in [-0.2, -0.15) is 0 Å². The summed E-state index contributed by atoms with van der Waals surface area (Å²) < 4.78 is 5.86. The quantitative estimate of drug-likeness (QED) is 0.251. The minimum Gasteiger partial charge on any atom is -0.494 e. The van der Waals surface area contributed by atoms with Crippen LogP contribution in [0.3, 0.4) is 0 Å². The molecular weight excluding hydrogens is 370 g/mol. The van der Waals surface area contributed by atoms with E-state index >= 15 is 0 Å². The Morgan fingerprint density at radius 1 is 0.967 bits per heavy atom. The number of hydrogen-bond donors (Lipinski definition) is 0. The molecule has 0 spiro atoms. The van der Waals surface area contributed by atoms with Crippen LogP contribution in [0.2, 0.25) is 0 Å². The molecule has 2 aromatic rings. The van der Waals surface area contributed by atoms with Crippen LogP contribution >= 0.6 is 0 Å². The summed E-state index contributed by atoms with van der Waals surface area (Å²) in [5.41, 5.74) is 1.71. The summed E-state index contributed by atoms with van der Waals surface area (Å²) >= 11 is 0. The second kappa shape index (κ2) is 12.3. The highest BCUT2D eigenvalue weighted by Gasteiger charge is 2.14. The first-order valence-corrected chi connectivity index (χ1v) is 11.4. The van der Waals surface area contributed by atoms with Crippen molar-refractivity contribution in [2.24, 2.45) is 5.92 Å². The highest BCUT2D eigenvalue weighted by Crippen LogP contribution is 2.17. The minimum absolute atomic E-state index is 0.0192. The van der Waals surface area contributed by atoms with Crippen LogP contribution in [0.1, 0.15) is 61.4 Å². The average molecular weight is 406 g/mol. The van der Waals surface area contributed by atoms with Crippen molar-refractivity contribution in [3.05, 3.63) is 71.8 Å². The third-order valence-corrected chi connectivity index (χ3v) is 5.88. The van der Waals surface area contributed by atoms with E-state index in [4.69, 9.17) is 4.74 Å². The molecule has 0 unspecified atom stereocenters. The summed E-state index contributed by atoms with van der Waals surface area (Å²) in [5, 5.41) is 0. The van der Waals surface area contributed by atoms with Gasteiger partial charge in [0.2, 0.25) is 0 Å². The van der Waals surface area contributed by atoms with Gasteiger partial charge < -0.3 is 9.64 Å². The maximum atomic E-state index is 12.1. The van der Waals surface area contributed by atoms with Crippen LogP contribution in [0.4, 0.5) is 0 Å². The van der Waals surface area contributed by atoms with Crippen molar-refractivity contribution < 1.29 is 9.53 Å². The zero-order chi connectivity index (χ0) is 21.0. The van der Waals surface area contributed by atoms with Gasteiger partial charge >= 0.3 is 0 Å². The lowest BCUT2D eigenvalue weighted by Crippen LogP contribution is -2.33. The Morgan fingerprint density at radius 2 is 1.67 bits per heavy atom. The van der Waals surface area contributed by atoms with Crippen molar-refractivity contribution in [1.29, 1.82) is 0 Å². The van der Waals surface area contributed by atoms with Crippen molar-refractivity contribution in [3.8, 4) is 5.75 Å². The first kappa shape index (κ1) is 22.3. The molecule has 1 aliphatic rings. The maximum Gasteiger partial charge on any atom is 0.185 e. The average Bonchev–Trinajstić information content (AvgIpc) is 2.79. The molecule has 0 saturated carbocycles. The van der Waals surface area contributed by atoms with Crippen molar-refractivity contribution in [2.75, 3.05) is 26.2 Å². The van der Waals surface area contributed by atoms with Crippen molar-refractivity contribution in [1.82, 2.24) is 4.90 Å². The van der Waals surface area contributed by atoms with E-state index in [2.05, 4.69) is 11.8 Å². The zero-order valence-electron chi connectivity index (χ0n) is 18.3. The van der Waals surface area contributed by atoms with E-state index in [1.807, 2.05) is 60.7 Å². The summed E-state index contributed by atoms with van der Waals surface area (Å²) in [6.07, 6.45) is 11.1. The lowest BCUT2D eigenvalue weighted by atomic mass is 9.99. The van der Waals surface area contributed by atoms with Crippen LogP contribution in [0.25, 0.3) is 6.08 Å². The number of allylic oxidation sites excluding steroid dienone is 1. The molecule has 0 aromatic heterocycles. The lowest BCUT2D eigenvalue weighted by molar-refractivity contribution is 0.104. The number of carbonyl (C=O) groups excluding carboxylic acids is 1. The van der Waals surface area contributed by atoms with Crippen molar-refractivity contribution in [2.45, 2.75) is 45.4 Å². The number of ether oxygens (including phenoxy) is 1. The predicted octanol–water partition coefficient (Wildman–Crippen LogP) is 6.25. The molecule has 0 atom stereocenters. The first-order valence-electron chi connectivity index (χ1n) is 11.4. The molecule has 0 bridgehead atoms. The number of nitrogens with zero attached hydrogens (tertiary/aromatic N) is 1. The number of hydrogen-bond acceptors (Lipinski definition) is 3. The van der Waals surface area contributed by atoms with Gasteiger partial charge in [-0.3, -0.25) is 4.79 Å². The van der Waals surface area contributed by atoms with Crippen LogP contribution in [-0.2, 0) is 0 Å². The Kier molecular flexibility index (Phi) is 9.17. The summed E-state index contributed by atoms with van der Waals surface area (Å²) in [5.74, 6) is 1.83. The van der Waals surface area contributed by atoms with E-state index in [0.717, 1.165) is 30.3 Å². The van der Waals surface area contributed by atoms with E-state index in [9.17, 15) is 4.79 Å². The third-order valence-electron chi connectivity index (χ3n) is 5.88. The SMILES string of the molecule is CC1CCN(CCCCCCOc2ccc(/C=C/C(=O)c3ccccc3)cc2)CC1. The van der Waals surface area contributed by atoms with E-state index in [-0.39, 0.29) is 5.78 Å². The highest BCUT2D eigenvalue weighted by atomic mass is 16.5. The van der Waals surface area contributed by atoms with Gasteiger partial charge in [0, 0.05) is 5.56 Å². The molecular formula is C27H35NO2. The number of ketones is 1. The summed E-state index contributed by atoms with van der Waals surface area (Å²) in [6, 6.07) is 17.3. The maximum absolute atomic E-state index is 12.1. The normalized spacial score (nSPS) is 15.5. The molecule has 0 amide bonds. The van der Waals surface area contributed by atoms with Gasteiger partial charge in [-0.15, -0.1) is 0 Å². The van der Waals surface area contributed by atoms with E-state index in [0.29, 0.717) is 5.56 Å². The van der Waals surface area contributed by atoms with Gasteiger partial charge in [0.25, 0.3) is 0 Å². The summed E-state index contributed by atoms with van der Waals surface area (Å²) in [4.78, 5) is 14.7. The molecule has 0 aliphatic carbocycles. The van der Waals surface area contributed by atoms with Gasteiger partial charge in [0.05, 0.1) is 6.61 Å². The molecule has 0 radical (unpaired) electrons. The molecule has 0 N–H and O–H groups in total. The minimum atomic E-state index is 0.0192. The smallest absolute Gasteiger partial charge is 0.185 e. The number of unbranched alkanes of at least 4 members (excludes halogenated alkanes) is 3. The van der Waals surface area contributed by atoms with Crippen molar-refractivity contribution >= 4 is 11.9 Å². The predicted molar refractivity (Wildman–Crippen MR) is 125 cm³/mol. The summed E-state index contributed by atoms with van der Waals surface area (Å²) in [6.45, 7) is 6.97. The fraction of sp³-hybridized carbons (Fsp3) is 0.444. The molecule has 30 heavy (non-hydrogen) atoms. The van der Waals surface area contributed by atoms with Crippen LogP contribution in [0, 0.1) is 5.92 Å². The highest BCUT2D eigenvalue weighted by molar-refractivity contribution is 6.06. The Balaban J connectivity index is 1.27. The third kappa shape index (κ3) is 7.79. The molecule has 1 aliphatic heterocycles. The second-order valence-corrected chi connectivity index (χ2v) is 8.42. The molecule has 1 fully saturated rings. The first-order chi connectivity index (χ1) is 14.7. The molecule has 1 saturated heterocycles. The van der Waals surface area contributed by atoms with Crippen LogP contribution in [-0.4, -0.2) is 36.9 Å². The van der Waals surface area contributed by atoms with Gasteiger partial charge in [-0.05, 0) is 75.0 Å². The molecule has 160 valence electrons. The standard InChI is InChI=1S/C27H35NO2/c1-23-17-20-28(21-18-23)19-7-2-3-8-22-30-26-14-11-24(12-15-26)13-16-27(29)25-9-5-4-6-10-25/h4-6,9-16,23H,2-3,7-8,17-22H2,1H3/b16-13+. The van der Waals surface area contributed by atoms with Gasteiger partial charge in [-0.25, -0.2) is 0 Å². The van der Waals surface area contributed by atoms with Crippen LogP contribution in [0.15, 0.2) is 60.7 Å². The lowest BCUT2D eigenvalue weighted by Gasteiger charge is -2.30. The number of benzene rings is 2.